The van der Waals surface area contributed by atoms with Crippen molar-refractivity contribution in [1.82, 2.24) is 9.80 Å². The summed E-state index contributed by atoms with van der Waals surface area (Å²) in [5, 5.41) is 9.88. The molecule has 3 fully saturated rings. The van der Waals surface area contributed by atoms with Crippen LogP contribution in [0.5, 0.6) is 0 Å². The minimum atomic E-state index is -0.234. The van der Waals surface area contributed by atoms with Crippen LogP contribution in [0.2, 0.25) is 0 Å². The Labute approximate surface area is 171 Å². The zero-order valence-electron chi connectivity index (χ0n) is 16.8. The fourth-order valence-electron chi connectivity index (χ4n) is 4.95. The lowest BCUT2D eigenvalue weighted by molar-refractivity contribution is -0.168. The first-order chi connectivity index (χ1) is 14.1. The van der Waals surface area contributed by atoms with Gasteiger partial charge in [-0.3, -0.25) is 9.59 Å². The second-order valence-electron chi connectivity index (χ2n) is 8.22. The summed E-state index contributed by atoms with van der Waals surface area (Å²) in [6, 6.07) is 7.79. The molecule has 0 bridgehead atoms. The van der Waals surface area contributed by atoms with Gasteiger partial charge in [0.2, 0.25) is 11.8 Å². The molecule has 0 aromatic heterocycles. The summed E-state index contributed by atoms with van der Waals surface area (Å²) < 4.78 is 4.93. The molecule has 6 heteroatoms. The van der Waals surface area contributed by atoms with Crippen LogP contribution in [0.3, 0.4) is 0 Å². The van der Waals surface area contributed by atoms with E-state index in [9.17, 15) is 14.7 Å². The molecule has 1 aliphatic carbocycles. The minimum absolute atomic E-state index is 0.0129. The average Bonchev–Trinajstić information content (AvgIpc) is 3.22. The number of ether oxygens (including phenoxy) is 1. The molecule has 2 saturated heterocycles. The number of hydrogen-bond donors (Lipinski definition) is 1. The minimum Gasteiger partial charge on any atom is -0.394 e. The molecular weight excluding hydrogens is 368 g/mol. The summed E-state index contributed by atoms with van der Waals surface area (Å²) >= 11 is 0. The number of aliphatic hydroxyl groups excluding tert-OH is 1. The number of aliphatic hydroxyl groups is 1. The molecule has 0 radical (unpaired) electrons. The Balaban J connectivity index is 1.49. The summed E-state index contributed by atoms with van der Waals surface area (Å²) in [6.45, 7) is 0.417. The van der Waals surface area contributed by atoms with Gasteiger partial charge < -0.3 is 19.6 Å². The standard InChI is InChI=1S/C23H28N2O4/c1-29-15-22(28)24-12-19-23(20(14-26)25(19)21(27)13-24)18-10-8-17(9-11-18)7-6-16-4-2-3-5-16/h8-11,16,19-20,23,26H,2-5,12-15H2,1H3/t19-,20-,23+/m0/s1. The summed E-state index contributed by atoms with van der Waals surface area (Å²) in [7, 11) is 1.47. The van der Waals surface area contributed by atoms with Crippen molar-refractivity contribution in [2.75, 3.05) is 33.4 Å². The van der Waals surface area contributed by atoms with Gasteiger partial charge in [0.15, 0.2) is 0 Å². The topological polar surface area (TPSA) is 70.1 Å². The van der Waals surface area contributed by atoms with Gasteiger partial charge in [0.05, 0.1) is 25.2 Å². The number of methoxy groups -OCH3 is 1. The molecule has 3 aliphatic rings. The van der Waals surface area contributed by atoms with Crippen molar-refractivity contribution in [3.63, 3.8) is 0 Å². The zero-order valence-corrected chi connectivity index (χ0v) is 16.8. The largest absolute Gasteiger partial charge is 0.394 e. The Kier molecular flexibility index (Phi) is 5.89. The Morgan fingerprint density at radius 3 is 2.62 bits per heavy atom. The maximum atomic E-state index is 12.5. The number of carbonyl (C=O) groups is 2. The first kappa shape index (κ1) is 19.9. The van der Waals surface area contributed by atoms with E-state index in [0.717, 1.165) is 11.1 Å². The highest BCUT2D eigenvalue weighted by molar-refractivity contribution is 5.88. The van der Waals surface area contributed by atoms with Gasteiger partial charge >= 0.3 is 0 Å². The van der Waals surface area contributed by atoms with Gasteiger partial charge in [-0.15, -0.1) is 0 Å². The van der Waals surface area contributed by atoms with Crippen molar-refractivity contribution in [1.29, 1.82) is 0 Å². The van der Waals surface area contributed by atoms with Crippen LogP contribution in [0.25, 0.3) is 0 Å². The number of hydrogen-bond acceptors (Lipinski definition) is 4. The number of nitrogens with zero attached hydrogens (tertiary/aromatic N) is 2. The molecule has 1 saturated carbocycles. The Bertz CT molecular complexity index is 820. The second-order valence-corrected chi connectivity index (χ2v) is 8.22. The van der Waals surface area contributed by atoms with Crippen LogP contribution < -0.4 is 0 Å². The van der Waals surface area contributed by atoms with E-state index in [1.54, 1.807) is 9.80 Å². The van der Waals surface area contributed by atoms with Crippen molar-refractivity contribution in [2.24, 2.45) is 5.92 Å². The molecule has 154 valence electrons. The van der Waals surface area contributed by atoms with Gasteiger partial charge in [-0.1, -0.05) is 36.8 Å². The Morgan fingerprint density at radius 2 is 1.97 bits per heavy atom. The van der Waals surface area contributed by atoms with Gasteiger partial charge in [0, 0.05) is 31.1 Å². The summed E-state index contributed by atoms with van der Waals surface area (Å²) in [5.41, 5.74) is 2.07. The van der Waals surface area contributed by atoms with Crippen molar-refractivity contribution in [2.45, 2.75) is 43.7 Å². The zero-order chi connectivity index (χ0) is 20.4. The number of amides is 2. The predicted octanol–water partition coefficient (Wildman–Crippen LogP) is 1.37. The number of rotatable bonds is 4. The molecule has 6 nitrogen and oxygen atoms in total. The molecule has 0 spiro atoms. The molecule has 1 N–H and O–H groups in total. The number of benzene rings is 1. The molecule has 2 heterocycles. The first-order valence-electron chi connectivity index (χ1n) is 10.4. The molecule has 1 aromatic carbocycles. The smallest absolute Gasteiger partial charge is 0.249 e. The molecule has 1 aromatic rings. The molecule has 3 atom stereocenters. The number of piperazine rings is 1. The van der Waals surface area contributed by atoms with Crippen LogP contribution in [0.4, 0.5) is 0 Å². The van der Waals surface area contributed by atoms with Crippen LogP contribution in [-0.4, -0.2) is 72.2 Å². The van der Waals surface area contributed by atoms with Crippen LogP contribution in [0, 0.1) is 17.8 Å². The van der Waals surface area contributed by atoms with Crippen molar-refractivity contribution < 1.29 is 19.4 Å². The molecule has 29 heavy (non-hydrogen) atoms. The monoisotopic (exact) mass is 396 g/mol. The maximum Gasteiger partial charge on any atom is 0.249 e. The van der Waals surface area contributed by atoms with Crippen LogP contribution in [-0.2, 0) is 14.3 Å². The summed E-state index contributed by atoms with van der Waals surface area (Å²) in [6.07, 6.45) is 4.97. The van der Waals surface area contributed by atoms with E-state index >= 15 is 0 Å². The molecule has 0 unspecified atom stereocenters. The normalized spacial score (nSPS) is 26.6. The fourth-order valence-corrected chi connectivity index (χ4v) is 4.95. The van der Waals surface area contributed by atoms with Crippen LogP contribution in [0.15, 0.2) is 24.3 Å². The highest BCUT2D eigenvalue weighted by Gasteiger charge is 2.54. The van der Waals surface area contributed by atoms with E-state index < -0.39 is 0 Å². The van der Waals surface area contributed by atoms with Gasteiger partial charge in [-0.25, -0.2) is 0 Å². The lowest BCUT2D eigenvalue weighted by Crippen LogP contribution is -2.73. The van der Waals surface area contributed by atoms with Crippen molar-refractivity contribution >= 4 is 11.8 Å². The number of carbonyl (C=O) groups excluding carboxylic acids is 2. The van der Waals surface area contributed by atoms with Gasteiger partial charge in [0.1, 0.15) is 6.61 Å². The fraction of sp³-hybridized carbons (Fsp3) is 0.565. The van der Waals surface area contributed by atoms with Crippen molar-refractivity contribution in [3.8, 4) is 11.8 Å². The molecule has 2 aliphatic heterocycles. The molecule has 4 rings (SSSR count). The van der Waals surface area contributed by atoms with Crippen LogP contribution in [0.1, 0.15) is 42.7 Å². The van der Waals surface area contributed by atoms with Crippen molar-refractivity contribution in [3.05, 3.63) is 35.4 Å². The lowest BCUT2D eigenvalue weighted by atomic mass is 9.73. The quantitative estimate of drug-likeness (QED) is 0.781. The SMILES string of the molecule is COCC(=O)N1CC(=O)N2[C@@H](CO)[C@H](c3ccc(C#CC4CCCC4)cc3)[C@@H]2C1. The van der Waals surface area contributed by atoms with Gasteiger partial charge in [-0.2, -0.15) is 0 Å². The second kappa shape index (κ2) is 8.56. The van der Waals surface area contributed by atoms with E-state index in [0.29, 0.717) is 12.5 Å². The Hall–Kier alpha value is -2.36. The Morgan fingerprint density at radius 1 is 1.24 bits per heavy atom. The summed E-state index contributed by atoms with van der Waals surface area (Å²) in [4.78, 5) is 28.1. The van der Waals surface area contributed by atoms with Crippen LogP contribution >= 0.6 is 0 Å². The maximum absolute atomic E-state index is 12.5. The van der Waals surface area contributed by atoms with E-state index in [2.05, 4.69) is 11.8 Å². The van der Waals surface area contributed by atoms with E-state index in [-0.39, 0.29) is 49.6 Å². The van der Waals surface area contributed by atoms with E-state index in [1.165, 1.54) is 32.8 Å². The third kappa shape index (κ3) is 3.90. The predicted molar refractivity (Wildman–Crippen MR) is 108 cm³/mol. The highest BCUT2D eigenvalue weighted by atomic mass is 16.5. The third-order valence-corrected chi connectivity index (χ3v) is 6.44. The number of fused-ring (bicyclic) bond motifs is 1. The molecule has 2 amide bonds. The van der Waals surface area contributed by atoms with E-state index in [1.807, 2.05) is 24.3 Å². The molecular formula is C23H28N2O4. The van der Waals surface area contributed by atoms with E-state index in [4.69, 9.17) is 4.74 Å². The lowest BCUT2D eigenvalue weighted by Gasteiger charge is -2.58. The highest BCUT2D eigenvalue weighted by Crippen LogP contribution is 2.42. The summed E-state index contributed by atoms with van der Waals surface area (Å²) in [5.74, 6) is 6.91. The first-order valence-corrected chi connectivity index (χ1v) is 10.4. The third-order valence-electron chi connectivity index (χ3n) is 6.44. The average molecular weight is 396 g/mol. The van der Waals surface area contributed by atoms with Gasteiger partial charge in [0.25, 0.3) is 0 Å². The van der Waals surface area contributed by atoms with Gasteiger partial charge in [-0.05, 0) is 30.5 Å².